The van der Waals surface area contributed by atoms with Crippen molar-refractivity contribution in [3.8, 4) is 0 Å². The topological polar surface area (TPSA) is 41.5 Å². The summed E-state index contributed by atoms with van der Waals surface area (Å²) in [5.41, 5.74) is 0.585. The molecule has 0 aliphatic rings. The van der Waals surface area contributed by atoms with E-state index in [9.17, 15) is 4.79 Å². The van der Waals surface area contributed by atoms with Gasteiger partial charge in [0.05, 0.1) is 0 Å². The molecule has 0 unspecified atom stereocenters. The third-order valence-corrected chi connectivity index (χ3v) is 1.71. The number of hydrogen-bond acceptors (Lipinski definition) is 2. The molecule has 1 aromatic carbocycles. The van der Waals surface area contributed by atoms with E-state index in [0.29, 0.717) is 11.4 Å². The summed E-state index contributed by atoms with van der Waals surface area (Å²) in [6.45, 7) is 1.62. The molecule has 13 heavy (non-hydrogen) atoms. The molecule has 1 amide bonds. The highest BCUT2D eigenvalue weighted by Crippen LogP contribution is 1.97. The summed E-state index contributed by atoms with van der Waals surface area (Å²) in [4.78, 5) is 11.4. The number of carbonyl (C=O) groups excluding carboxylic acids is 1. The van der Waals surface area contributed by atoms with Crippen molar-refractivity contribution in [3.63, 3.8) is 0 Å². The minimum absolute atomic E-state index is 0.206. The first-order valence-corrected chi connectivity index (χ1v) is 4.10. The maximum atomic E-state index is 11.4. The number of carbonyl (C=O) groups is 1. The molecule has 1 aromatic rings. The summed E-state index contributed by atoms with van der Waals surface area (Å²) in [6, 6.07) is 8.87. The predicted molar refractivity (Wildman–Crippen MR) is 52.9 cm³/mol. The van der Waals surface area contributed by atoms with Crippen LogP contribution >= 0.6 is 11.8 Å². The third-order valence-electron chi connectivity index (χ3n) is 1.46. The van der Waals surface area contributed by atoms with Crippen LogP contribution in [-0.2, 0) is 0 Å². The number of benzene rings is 1. The first-order valence-electron chi connectivity index (χ1n) is 3.76. The van der Waals surface area contributed by atoms with Crippen molar-refractivity contribution >= 4 is 23.5 Å². The summed E-state index contributed by atoms with van der Waals surface area (Å²) in [7, 11) is 0. The van der Waals surface area contributed by atoms with Crippen LogP contribution in [0.15, 0.2) is 34.8 Å². The number of nitrogens with one attached hydrogen (secondary N) is 1. The molecule has 0 aromatic heterocycles. The molecule has 0 saturated heterocycles. The van der Waals surface area contributed by atoms with E-state index in [4.69, 9.17) is 11.8 Å². The SMILES string of the molecule is CC(=NCl)NC(=O)c1ccccc1. The van der Waals surface area contributed by atoms with Crippen molar-refractivity contribution < 1.29 is 4.79 Å². The highest BCUT2D eigenvalue weighted by molar-refractivity contribution is 6.21. The van der Waals surface area contributed by atoms with Crippen LogP contribution in [0.2, 0.25) is 0 Å². The smallest absolute Gasteiger partial charge is 0.256 e. The Balaban J connectivity index is 2.70. The van der Waals surface area contributed by atoms with Crippen LogP contribution < -0.4 is 5.32 Å². The number of nitrogens with zero attached hydrogens (tertiary/aromatic N) is 1. The quantitative estimate of drug-likeness (QED) is 0.542. The van der Waals surface area contributed by atoms with Gasteiger partial charge < -0.3 is 5.32 Å². The molecule has 3 nitrogen and oxygen atoms in total. The lowest BCUT2D eigenvalue weighted by atomic mass is 10.2. The minimum atomic E-state index is -0.206. The molecule has 0 atom stereocenters. The van der Waals surface area contributed by atoms with Gasteiger partial charge in [0.1, 0.15) is 5.84 Å². The number of halogens is 1. The number of rotatable bonds is 1. The van der Waals surface area contributed by atoms with Crippen LogP contribution in [0, 0.1) is 0 Å². The number of amidine groups is 1. The Bertz CT molecular complexity index is 322. The van der Waals surface area contributed by atoms with E-state index in [1.807, 2.05) is 6.07 Å². The normalized spacial score (nSPS) is 11.1. The van der Waals surface area contributed by atoms with Gasteiger partial charge in [-0.25, -0.2) is 0 Å². The molecular formula is C9H9ClN2O. The van der Waals surface area contributed by atoms with E-state index >= 15 is 0 Å². The van der Waals surface area contributed by atoms with Gasteiger partial charge in [0.25, 0.3) is 5.91 Å². The third kappa shape index (κ3) is 2.87. The molecule has 0 bridgehead atoms. The number of hydrogen-bond donors (Lipinski definition) is 1. The summed E-state index contributed by atoms with van der Waals surface area (Å²) in [6.07, 6.45) is 0. The Morgan fingerprint density at radius 1 is 1.38 bits per heavy atom. The first-order chi connectivity index (χ1) is 6.24. The molecule has 0 fully saturated rings. The Morgan fingerprint density at radius 2 is 2.00 bits per heavy atom. The van der Waals surface area contributed by atoms with E-state index in [2.05, 4.69) is 9.83 Å². The average Bonchev–Trinajstić information content (AvgIpc) is 2.19. The molecule has 0 heterocycles. The van der Waals surface area contributed by atoms with Gasteiger partial charge in [0.2, 0.25) is 0 Å². The van der Waals surface area contributed by atoms with Gasteiger partial charge in [0, 0.05) is 17.3 Å². The lowest BCUT2D eigenvalue weighted by Crippen LogP contribution is -2.27. The van der Waals surface area contributed by atoms with E-state index in [1.54, 1.807) is 31.2 Å². The Labute approximate surface area is 81.5 Å². The molecule has 0 radical (unpaired) electrons. The van der Waals surface area contributed by atoms with E-state index in [1.165, 1.54) is 0 Å². The summed E-state index contributed by atoms with van der Waals surface area (Å²) >= 11 is 5.16. The monoisotopic (exact) mass is 196 g/mol. The fourth-order valence-electron chi connectivity index (χ4n) is 0.847. The van der Waals surface area contributed by atoms with E-state index in [-0.39, 0.29) is 5.91 Å². The van der Waals surface area contributed by atoms with Gasteiger partial charge >= 0.3 is 0 Å². The largest absolute Gasteiger partial charge is 0.309 e. The van der Waals surface area contributed by atoms with Crippen molar-refractivity contribution in [2.24, 2.45) is 4.51 Å². The maximum absolute atomic E-state index is 11.4. The molecule has 1 N–H and O–H groups in total. The van der Waals surface area contributed by atoms with Crippen LogP contribution in [0.4, 0.5) is 0 Å². The fourth-order valence-corrected chi connectivity index (χ4v) is 0.889. The Kier molecular flexibility index (Phi) is 3.46. The molecule has 1 rings (SSSR count). The number of amides is 1. The highest BCUT2D eigenvalue weighted by Gasteiger charge is 2.03. The Hall–Kier alpha value is -1.35. The zero-order valence-corrected chi connectivity index (χ0v) is 7.88. The predicted octanol–water partition coefficient (Wildman–Crippen LogP) is 1.99. The average molecular weight is 197 g/mol. The van der Waals surface area contributed by atoms with Gasteiger partial charge in [0.15, 0.2) is 0 Å². The molecule has 0 spiro atoms. The summed E-state index contributed by atoms with van der Waals surface area (Å²) in [5.74, 6) is 0.179. The van der Waals surface area contributed by atoms with Crippen molar-refractivity contribution in [1.82, 2.24) is 5.32 Å². The van der Waals surface area contributed by atoms with Crippen molar-refractivity contribution in [2.75, 3.05) is 0 Å². The molecular weight excluding hydrogens is 188 g/mol. The van der Waals surface area contributed by atoms with Gasteiger partial charge in [-0.1, -0.05) is 18.2 Å². The van der Waals surface area contributed by atoms with Crippen LogP contribution in [0.3, 0.4) is 0 Å². The van der Waals surface area contributed by atoms with Gasteiger partial charge in [-0.15, -0.1) is 0 Å². The van der Waals surface area contributed by atoms with E-state index < -0.39 is 0 Å². The maximum Gasteiger partial charge on any atom is 0.256 e. The lowest BCUT2D eigenvalue weighted by molar-refractivity contribution is 0.0977. The van der Waals surface area contributed by atoms with Crippen LogP contribution in [-0.4, -0.2) is 11.7 Å². The summed E-state index contributed by atoms with van der Waals surface area (Å²) < 4.78 is 3.31. The van der Waals surface area contributed by atoms with Crippen molar-refractivity contribution in [2.45, 2.75) is 6.92 Å². The highest BCUT2D eigenvalue weighted by atomic mass is 35.5. The van der Waals surface area contributed by atoms with Gasteiger partial charge in [-0.3, -0.25) is 4.79 Å². The second-order valence-electron chi connectivity index (χ2n) is 2.49. The van der Waals surface area contributed by atoms with E-state index in [0.717, 1.165) is 0 Å². The molecule has 0 saturated carbocycles. The molecule has 68 valence electrons. The van der Waals surface area contributed by atoms with Crippen LogP contribution in [0.1, 0.15) is 17.3 Å². The fraction of sp³-hybridized carbons (Fsp3) is 0.111. The zero-order valence-electron chi connectivity index (χ0n) is 7.12. The first kappa shape index (κ1) is 9.74. The molecule has 0 aliphatic carbocycles. The second-order valence-corrected chi connectivity index (χ2v) is 2.66. The molecule has 0 aliphatic heterocycles. The van der Waals surface area contributed by atoms with Gasteiger partial charge in [-0.05, 0) is 19.1 Å². The molecule has 4 heteroatoms. The standard InChI is InChI=1S/C9H9ClN2O/c1-7(12-10)11-9(13)8-5-3-2-4-6-8/h2-6H,1H3,(H,11,12,13). The lowest BCUT2D eigenvalue weighted by Gasteiger charge is -2.01. The van der Waals surface area contributed by atoms with Crippen LogP contribution in [0.25, 0.3) is 0 Å². The van der Waals surface area contributed by atoms with Gasteiger partial charge in [-0.2, -0.15) is 4.51 Å². The summed E-state index contributed by atoms with van der Waals surface area (Å²) in [5, 5.41) is 2.52. The minimum Gasteiger partial charge on any atom is -0.309 e. The van der Waals surface area contributed by atoms with Crippen molar-refractivity contribution in [1.29, 1.82) is 0 Å². The zero-order chi connectivity index (χ0) is 9.68. The second kappa shape index (κ2) is 4.62. The van der Waals surface area contributed by atoms with Crippen molar-refractivity contribution in [3.05, 3.63) is 35.9 Å². The Morgan fingerprint density at radius 3 is 2.54 bits per heavy atom. The van der Waals surface area contributed by atoms with Crippen LogP contribution in [0.5, 0.6) is 0 Å².